The van der Waals surface area contributed by atoms with Gasteiger partial charge < -0.3 is 9.47 Å². The fourth-order valence-corrected chi connectivity index (χ4v) is 3.43. The lowest BCUT2D eigenvalue weighted by atomic mass is 9.96. The molecular formula is C21H23ClO3. The van der Waals surface area contributed by atoms with Gasteiger partial charge in [0.15, 0.2) is 0 Å². The Labute approximate surface area is 153 Å². The predicted molar refractivity (Wildman–Crippen MR) is 98.7 cm³/mol. The number of esters is 1. The van der Waals surface area contributed by atoms with Crippen molar-refractivity contribution in [3.05, 3.63) is 69.7 Å². The van der Waals surface area contributed by atoms with E-state index in [-0.39, 0.29) is 12.1 Å². The minimum absolute atomic E-state index is 0.108. The number of rotatable bonds is 5. The summed E-state index contributed by atoms with van der Waals surface area (Å²) in [6.07, 6.45) is 4.26. The molecule has 1 aliphatic rings. The predicted octanol–water partition coefficient (Wildman–Crippen LogP) is 5.24. The largest absolute Gasteiger partial charge is 0.461 e. The van der Waals surface area contributed by atoms with Gasteiger partial charge >= 0.3 is 5.97 Å². The third-order valence-electron chi connectivity index (χ3n) is 4.43. The van der Waals surface area contributed by atoms with Gasteiger partial charge in [0.2, 0.25) is 0 Å². The number of hydrogen-bond acceptors (Lipinski definition) is 3. The van der Waals surface area contributed by atoms with E-state index in [1.165, 1.54) is 24.5 Å². The van der Waals surface area contributed by atoms with Crippen molar-refractivity contribution in [2.75, 3.05) is 6.61 Å². The van der Waals surface area contributed by atoms with Crippen molar-refractivity contribution in [2.24, 2.45) is 0 Å². The van der Waals surface area contributed by atoms with Crippen LogP contribution in [-0.2, 0) is 27.3 Å². The van der Waals surface area contributed by atoms with E-state index in [0.29, 0.717) is 6.61 Å². The van der Waals surface area contributed by atoms with E-state index in [1.807, 2.05) is 18.2 Å². The Balaban J connectivity index is 1.74. The lowest BCUT2D eigenvalue weighted by Gasteiger charge is -2.24. The highest BCUT2D eigenvalue weighted by atomic mass is 35.5. The van der Waals surface area contributed by atoms with Crippen LogP contribution in [0.4, 0.5) is 0 Å². The van der Waals surface area contributed by atoms with Crippen LogP contribution in [0.25, 0.3) is 0 Å². The summed E-state index contributed by atoms with van der Waals surface area (Å²) >= 11 is 6.40. The molecular weight excluding hydrogens is 336 g/mol. The van der Waals surface area contributed by atoms with Crippen molar-refractivity contribution in [3.8, 4) is 0 Å². The maximum absolute atomic E-state index is 11.0. The first-order valence-electron chi connectivity index (χ1n) is 8.73. The molecule has 0 aliphatic carbocycles. The van der Waals surface area contributed by atoms with E-state index >= 15 is 0 Å². The number of hydrogen-bond donors (Lipinski definition) is 0. The zero-order valence-corrected chi connectivity index (χ0v) is 15.2. The molecule has 0 radical (unpaired) electrons. The zero-order valence-electron chi connectivity index (χ0n) is 14.5. The summed E-state index contributed by atoms with van der Waals surface area (Å²) in [6, 6.07) is 14.3. The van der Waals surface area contributed by atoms with Crippen molar-refractivity contribution in [3.63, 3.8) is 0 Å². The van der Waals surface area contributed by atoms with E-state index in [9.17, 15) is 4.79 Å². The van der Waals surface area contributed by atoms with E-state index in [0.717, 1.165) is 42.0 Å². The fraction of sp³-hybridized carbons (Fsp3) is 0.381. The van der Waals surface area contributed by atoms with Crippen molar-refractivity contribution < 1.29 is 14.3 Å². The molecule has 0 aromatic heterocycles. The van der Waals surface area contributed by atoms with Crippen molar-refractivity contribution >= 4 is 17.6 Å². The second-order valence-corrected chi connectivity index (χ2v) is 6.90. The van der Waals surface area contributed by atoms with Gasteiger partial charge in [0.25, 0.3) is 0 Å². The Morgan fingerprint density at radius 1 is 1.16 bits per heavy atom. The third-order valence-corrected chi connectivity index (χ3v) is 4.77. The van der Waals surface area contributed by atoms with Crippen LogP contribution in [0.3, 0.4) is 0 Å². The second-order valence-electron chi connectivity index (χ2n) is 6.49. The average Bonchev–Trinajstić information content (AvgIpc) is 2.63. The van der Waals surface area contributed by atoms with Crippen LogP contribution < -0.4 is 0 Å². The van der Waals surface area contributed by atoms with Gasteiger partial charge in [0, 0.05) is 18.6 Å². The molecule has 2 aromatic rings. The molecule has 2 aromatic carbocycles. The summed E-state index contributed by atoms with van der Waals surface area (Å²) in [5.74, 6) is -0.264. The fourth-order valence-electron chi connectivity index (χ4n) is 3.19. The molecule has 3 rings (SSSR count). The van der Waals surface area contributed by atoms with E-state index < -0.39 is 0 Å². The standard InChI is InChI=1S/C21H23ClO3/c1-15(23)25-14-18-6-4-5-16(12-18)11-17-8-9-20(22)19(13-17)21-7-2-3-10-24-21/h4-6,8-9,12-13,21H,2-3,7,10-11,14H2,1H3. The summed E-state index contributed by atoms with van der Waals surface area (Å²) in [5.41, 5.74) is 4.48. The molecule has 0 bridgehead atoms. The molecule has 1 fully saturated rings. The molecule has 1 aliphatic heterocycles. The normalized spacial score (nSPS) is 17.3. The minimum Gasteiger partial charge on any atom is -0.461 e. The monoisotopic (exact) mass is 358 g/mol. The van der Waals surface area contributed by atoms with Crippen LogP contribution >= 0.6 is 11.6 Å². The molecule has 0 saturated carbocycles. The summed E-state index contributed by atoms with van der Waals surface area (Å²) in [4.78, 5) is 11.0. The van der Waals surface area contributed by atoms with E-state index in [1.54, 1.807) is 0 Å². The third kappa shape index (κ3) is 5.07. The first-order valence-corrected chi connectivity index (χ1v) is 9.11. The number of carbonyl (C=O) groups excluding carboxylic acids is 1. The van der Waals surface area contributed by atoms with Crippen molar-refractivity contribution in [1.82, 2.24) is 0 Å². The average molecular weight is 359 g/mol. The van der Waals surface area contributed by atoms with Gasteiger partial charge in [0.1, 0.15) is 6.61 Å². The van der Waals surface area contributed by atoms with Gasteiger partial charge in [-0.2, -0.15) is 0 Å². The first-order chi connectivity index (χ1) is 12.1. The quantitative estimate of drug-likeness (QED) is 0.686. The number of halogens is 1. The highest BCUT2D eigenvalue weighted by Gasteiger charge is 2.19. The molecule has 25 heavy (non-hydrogen) atoms. The SMILES string of the molecule is CC(=O)OCc1cccc(Cc2ccc(Cl)c(C3CCCCO3)c2)c1. The van der Waals surface area contributed by atoms with Crippen LogP contribution in [-0.4, -0.2) is 12.6 Å². The lowest BCUT2D eigenvalue weighted by Crippen LogP contribution is -2.12. The smallest absolute Gasteiger partial charge is 0.302 e. The maximum atomic E-state index is 11.0. The van der Waals surface area contributed by atoms with Gasteiger partial charge in [-0.25, -0.2) is 0 Å². The topological polar surface area (TPSA) is 35.5 Å². The molecule has 1 atom stereocenters. The Morgan fingerprint density at radius 2 is 1.96 bits per heavy atom. The molecule has 1 heterocycles. The van der Waals surface area contributed by atoms with Crippen LogP contribution in [0.15, 0.2) is 42.5 Å². The molecule has 3 nitrogen and oxygen atoms in total. The molecule has 0 spiro atoms. The summed E-state index contributed by atoms with van der Waals surface area (Å²) < 4.78 is 11.0. The van der Waals surface area contributed by atoms with Gasteiger partial charge in [-0.3, -0.25) is 4.79 Å². The number of benzene rings is 2. The van der Waals surface area contributed by atoms with Gasteiger partial charge in [-0.15, -0.1) is 0 Å². The van der Waals surface area contributed by atoms with Gasteiger partial charge in [0.05, 0.1) is 6.10 Å². The van der Waals surface area contributed by atoms with E-state index in [4.69, 9.17) is 21.1 Å². The number of carbonyl (C=O) groups is 1. The number of ether oxygens (including phenoxy) is 2. The van der Waals surface area contributed by atoms with E-state index in [2.05, 4.69) is 24.3 Å². The van der Waals surface area contributed by atoms with Crippen LogP contribution in [0.1, 0.15) is 54.5 Å². The van der Waals surface area contributed by atoms with Crippen LogP contribution in [0, 0.1) is 0 Å². The maximum Gasteiger partial charge on any atom is 0.302 e. The Morgan fingerprint density at radius 3 is 2.72 bits per heavy atom. The Bertz CT molecular complexity index is 736. The highest BCUT2D eigenvalue weighted by Crippen LogP contribution is 2.33. The minimum atomic E-state index is -0.264. The zero-order chi connectivity index (χ0) is 17.6. The van der Waals surface area contributed by atoms with Crippen LogP contribution in [0.5, 0.6) is 0 Å². The Kier molecular flexibility index (Phi) is 6.11. The van der Waals surface area contributed by atoms with Crippen molar-refractivity contribution in [1.29, 1.82) is 0 Å². The first kappa shape index (κ1) is 18.0. The van der Waals surface area contributed by atoms with Crippen LogP contribution in [0.2, 0.25) is 5.02 Å². The summed E-state index contributed by atoms with van der Waals surface area (Å²) in [5, 5.41) is 0.777. The summed E-state index contributed by atoms with van der Waals surface area (Å²) in [6.45, 7) is 2.54. The molecule has 0 N–H and O–H groups in total. The molecule has 132 valence electrons. The Hall–Kier alpha value is -1.84. The van der Waals surface area contributed by atoms with Crippen molar-refractivity contribution in [2.45, 2.75) is 45.3 Å². The highest BCUT2D eigenvalue weighted by molar-refractivity contribution is 6.31. The molecule has 0 amide bonds. The summed E-state index contributed by atoms with van der Waals surface area (Å²) in [7, 11) is 0. The molecule has 1 unspecified atom stereocenters. The van der Waals surface area contributed by atoms with Gasteiger partial charge in [-0.1, -0.05) is 48.0 Å². The second kappa shape index (κ2) is 8.50. The molecule has 1 saturated heterocycles. The lowest BCUT2D eigenvalue weighted by molar-refractivity contribution is -0.142. The van der Waals surface area contributed by atoms with Gasteiger partial charge in [-0.05, 0) is 54.0 Å². The molecule has 4 heteroatoms.